The van der Waals surface area contributed by atoms with E-state index in [0.717, 1.165) is 32.1 Å². The van der Waals surface area contributed by atoms with Gasteiger partial charge in [-0.15, -0.1) is 0 Å². The van der Waals surface area contributed by atoms with Crippen molar-refractivity contribution in [3.8, 4) is 0 Å². The van der Waals surface area contributed by atoms with Crippen molar-refractivity contribution in [1.29, 1.82) is 0 Å². The molecule has 0 aromatic heterocycles. The lowest BCUT2D eigenvalue weighted by Gasteiger charge is -2.35. The van der Waals surface area contributed by atoms with Crippen LogP contribution in [-0.4, -0.2) is 23.1 Å². The number of carbonyl (C=O) groups is 3. The van der Waals surface area contributed by atoms with Gasteiger partial charge in [-0.2, -0.15) is 0 Å². The van der Waals surface area contributed by atoms with Gasteiger partial charge in [0.2, 0.25) is 0 Å². The number of hydrogen-bond acceptors (Lipinski definition) is 5. The number of hydrogen-bond donors (Lipinski definition) is 0. The van der Waals surface area contributed by atoms with Crippen LogP contribution < -0.4 is 0 Å². The molecular weight excluding hydrogens is 356 g/mol. The summed E-state index contributed by atoms with van der Waals surface area (Å²) in [7, 11) is 0. The molecule has 0 aromatic rings. The van der Waals surface area contributed by atoms with Gasteiger partial charge in [0, 0.05) is 12.0 Å². The summed E-state index contributed by atoms with van der Waals surface area (Å²) in [4.78, 5) is 38.3. The Labute approximate surface area is 166 Å². The van der Waals surface area contributed by atoms with Crippen molar-refractivity contribution >= 4 is 17.5 Å². The van der Waals surface area contributed by atoms with E-state index in [2.05, 4.69) is 6.92 Å². The van der Waals surface area contributed by atoms with E-state index in [1.165, 1.54) is 6.08 Å². The minimum atomic E-state index is -1.34. The number of rotatable bonds is 8. The van der Waals surface area contributed by atoms with Crippen LogP contribution in [-0.2, 0) is 23.9 Å². The van der Waals surface area contributed by atoms with Crippen LogP contribution >= 0.6 is 0 Å². The number of Topliss-reactive ketones (excluding diaryl/α,β-unsaturated/α-hetero) is 1. The highest BCUT2D eigenvalue weighted by atomic mass is 16.6. The molecule has 2 heterocycles. The molecule has 0 amide bonds. The second-order valence-electron chi connectivity index (χ2n) is 7.82. The van der Waals surface area contributed by atoms with Crippen LogP contribution in [0, 0.1) is 11.8 Å². The molecule has 2 aliphatic heterocycles. The molecule has 0 saturated carbocycles. The van der Waals surface area contributed by atoms with Crippen LogP contribution in [0.1, 0.15) is 59.3 Å². The van der Waals surface area contributed by atoms with E-state index in [9.17, 15) is 14.4 Å². The fraction of sp³-hybridized carbons (Fsp3) is 0.522. The predicted molar refractivity (Wildman–Crippen MR) is 105 cm³/mol. The zero-order valence-corrected chi connectivity index (χ0v) is 16.8. The van der Waals surface area contributed by atoms with Crippen molar-refractivity contribution in [1.82, 2.24) is 0 Å². The molecule has 28 heavy (non-hydrogen) atoms. The smallest absolute Gasteiger partial charge is 0.318 e. The Kier molecular flexibility index (Phi) is 6.01. The third kappa shape index (κ3) is 3.62. The number of ketones is 2. The first-order valence-corrected chi connectivity index (χ1v) is 10.2. The minimum Gasteiger partial charge on any atom is -0.465 e. The predicted octanol–water partition coefficient (Wildman–Crippen LogP) is 4.35. The molecule has 0 radical (unpaired) electrons. The highest BCUT2D eigenvalue weighted by Gasteiger charge is 2.62. The van der Waals surface area contributed by atoms with E-state index in [1.54, 1.807) is 25.3 Å². The number of allylic oxidation sites excluding steroid dienone is 4. The summed E-state index contributed by atoms with van der Waals surface area (Å²) in [5.74, 6) is -2.01. The third-order valence-electron chi connectivity index (χ3n) is 5.76. The Morgan fingerprint density at radius 2 is 1.93 bits per heavy atom. The summed E-state index contributed by atoms with van der Waals surface area (Å²) in [6, 6.07) is 0. The number of carbonyl (C=O) groups excluding carboxylic acids is 3. The maximum absolute atomic E-state index is 12.9. The van der Waals surface area contributed by atoms with E-state index >= 15 is 0 Å². The van der Waals surface area contributed by atoms with Crippen molar-refractivity contribution < 1.29 is 23.9 Å². The van der Waals surface area contributed by atoms with Gasteiger partial charge in [0.05, 0.1) is 12.2 Å². The molecule has 0 spiro atoms. The second kappa shape index (κ2) is 8.29. The Morgan fingerprint density at radius 1 is 1.18 bits per heavy atom. The minimum absolute atomic E-state index is 0.145. The topological polar surface area (TPSA) is 69.7 Å². The lowest BCUT2D eigenvalue weighted by molar-refractivity contribution is -0.156. The van der Waals surface area contributed by atoms with Crippen LogP contribution in [0.5, 0.6) is 0 Å². The average Bonchev–Trinajstić information content (AvgIpc) is 2.94. The first kappa shape index (κ1) is 20.3. The van der Waals surface area contributed by atoms with Gasteiger partial charge in [-0.1, -0.05) is 38.7 Å². The molecule has 0 aromatic carbocycles. The standard InChI is InChI=1S/C23H28O5/c1-4-6-7-8-9-11-18(24)20-21-17-14-27-16(10-5-2)12-15(17)13-19(25)23(21,3)28-22(20)26/h5,10,12-14,20-21H,4,6-9,11H2,1-3H3/b10-5+. The monoisotopic (exact) mass is 384 g/mol. The Morgan fingerprint density at radius 3 is 2.64 bits per heavy atom. The molecule has 150 valence electrons. The zero-order valence-electron chi connectivity index (χ0n) is 16.8. The lowest BCUT2D eigenvalue weighted by atomic mass is 9.67. The SMILES string of the molecule is C/C=C/C1=CC2=CC(=O)C3(C)OC(=O)C(C(=O)CCCCCCC)C3C2=CO1. The van der Waals surface area contributed by atoms with Crippen LogP contribution in [0.15, 0.2) is 47.5 Å². The molecule has 3 rings (SSSR count). The molecule has 5 heteroatoms. The van der Waals surface area contributed by atoms with Gasteiger partial charge >= 0.3 is 5.97 Å². The summed E-state index contributed by atoms with van der Waals surface area (Å²) in [5.41, 5.74) is 0.0287. The van der Waals surface area contributed by atoms with Crippen LogP contribution in [0.4, 0.5) is 0 Å². The van der Waals surface area contributed by atoms with Crippen LogP contribution in [0.25, 0.3) is 0 Å². The van der Waals surface area contributed by atoms with E-state index in [1.807, 2.05) is 13.0 Å². The third-order valence-corrected chi connectivity index (χ3v) is 5.76. The van der Waals surface area contributed by atoms with E-state index in [0.29, 0.717) is 23.3 Å². The van der Waals surface area contributed by atoms with Crippen LogP contribution in [0.2, 0.25) is 0 Å². The fourth-order valence-electron chi connectivity index (χ4n) is 4.23. The van der Waals surface area contributed by atoms with Crippen molar-refractivity contribution in [2.75, 3.05) is 0 Å². The highest BCUT2D eigenvalue weighted by molar-refractivity contribution is 6.09. The number of ether oxygens (including phenoxy) is 2. The molecule has 0 N–H and O–H groups in total. The van der Waals surface area contributed by atoms with Gasteiger partial charge in [0.1, 0.15) is 17.5 Å². The van der Waals surface area contributed by atoms with E-state index in [4.69, 9.17) is 9.47 Å². The average molecular weight is 384 g/mol. The second-order valence-corrected chi connectivity index (χ2v) is 7.82. The van der Waals surface area contributed by atoms with Gasteiger partial charge in [-0.25, -0.2) is 0 Å². The molecule has 1 aliphatic carbocycles. The first-order chi connectivity index (χ1) is 13.4. The van der Waals surface area contributed by atoms with Gasteiger partial charge in [-0.05, 0) is 44.1 Å². The molecule has 1 fully saturated rings. The Bertz CT molecular complexity index is 798. The van der Waals surface area contributed by atoms with Crippen molar-refractivity contribution in [2.45, 2.75) is 64.9 Å². The summed E-state index contributed by atoms with van der Waals surface area (Å²) in [6.07, 6.45) is 13.9. The van der Waals surface area contributed by atoms with Gasteiger partial charge in [0.15, 0.2) is 11.4 Å². The van der Waals surface area contributed by atoms with Crippen LogP contribution in [0.3, 0.4) is 0 Å². The molecule has 5 nitrogen and oxygen atoms in total. The number of esters is 1. The Hall–Kier alpha value is -2.43. The summed E-state index contributed by atoms with van der Waals surface area (Å²) in [6.45, 7) is 5.62. The quantitative estimate of drug-likeness (QED) is 0.354. The largest absolute Gasteiger partial charge is 0.465 e. The van der Waals surface area contributed by atoms with Gasteiger partial charge in [0.25, 0.3) is 0 Å². The summed E-state index contributed by atoms with van der Waals surface area (Å²) >= 11 is 0. The zero-order chi connectivity index (χ0) is 20.3. The molecular formula is C23H28O5. The Balaban J connectivity index is 1.83. The van der Waals surface area contributed by atoms with Gasteiger partial charge in [-0.3, -0.25) is 14.4 Å². The van der Waals surface area contributed by atoms with E-state index < -0.39 is 23.4 Å². The normalized spacial score (nSPS) is 28.8. The maximum Gasteiger partial charge on any atom is 0.318 e. The lowest BCUT2D eigenvalue weighted by Crippen LogP contribution is -2.46. The maximum atomic E-state index is 12.9. The molecule has 3 atom stereocenters. The number of unbranched alkanes of at least 4 members (excludes halogenated alkanes) is 4. The summed E-state index contributed by atoms with van der Waals surface area (Å²) < 4.78 is 11.1. The molecule has 3 aliphatic rings. The molecule has 3 unspecified atom stereocenters. The molecule has 1 saturated heterocycles. The highest BCUT2D eigenvalue weighted by Crippen LogP contribution is 2.50. The van der Waals surface area contributed by atoms with E-state index in [-0.39, 0.29) is 11.6 Å². The van der Waals surface area contributed by atoms with Crippen molar-refractivity contribution in [3.63, 3.8) is 0 Å². The van der Waals surface area contributed by atoms with Crippen molar-refractivity contribution in [3.05, 3.63) is 47.5 Å². The molecule has 0 bridgehead atoms. The fourth-order valence-corrected chi connectivity index (χ4v) is 4.23. The summed E-state index contributed by atoms with van der Waals surface area (Å²) in [5, 5.41) is 0. The first-order valence-electron chi connectivity index (χ1n) is 10.2. The number of fused-ring (bicyclic) bond motifs is 3. The van der Waals surface area contributed by atoms with Gasteiger partial charge < -0.3 is 9.47 Å². The van der Waals surface area contributed by atoms with Crippen molar-refractivity contribution in [2.24, 2.45) is 11.8 Å².